The zero-order valence-corrected chi connectivity index (χ0v) is 12.2. The highest BCUT2D eigenvalue weighted by molar-refractivity contribution is 5.87. The summed E-state index contributed by atoms with van der Waals surface area (Å²) in [5.41, 5.74) is 9.42. The standard InChI is InChI=1S/C19H19NO/c1-14-6-8-15(9-7-14)13-21-19-11-10-16-4-2-3-5-17(16)18(19)12-20/h2-11H,12-13,20H2,1H3. The second kappa shape index (κ2) is 5.98. The van der Waals surface area contributed by atoms with Crippen molar-refractivity contribution in [2.75, 3.05) is 0 Å². The van der Waals surface area contributed by atoms with Crippen molar-refractivity contribution >= 4 is 10.8 Å². The second-order valence-corrected chi connectivity index (χ2v) is 5.24. The summed E-state index contributed by atoms with van der Waals surface area (Å²) in [4.78, 5) is 0. The SMILES string of the molecule is Cc1ccc(COc2ccc3ccccc3c2CN)cc1. The first kappa shape index (κ1) is 13.7. The van der Waals surface area contributed by atoms with E-state index in [0.29, 0.717) is 13.2 Å². The first-order chi connectivity index (χ1) is 10.3. The monoisotopic (exact) mass is 277 g/mol. The zero-order valence-electron chi connectivity index (χ0n) is 12.2. The Labute approximate surface area is 125 Å². The molecular formula is C19H19NO. The average molecular weight is 277 g/mol. The molecule has 2 heteroatoms. The van der Waals surface area contributed by atoms with E-state index in [4.69, 9.17) is 10.5 Å². The molecule has 0 fully saturated rings. The predicted octanol–water partition coefficient (Wildman–Crippen LogP) is 4.19. The van der Waals surface area contributed by atoms with Gasteiger partial charge in [0.05, 0.1) is 0 Å². The normalized spacial score (nSPS) is 10.8. The van der Waals surface area contributed by atoms with Gasteiger partial charge in [-0.1, -0.05) is 60.2 Å². The molecule has 0 saturated heterocycles. The summed E-state index contributed by atoms with van der Waals surface area (Å²) in [5.74, 6) is 0.872. The lowest BCUT2D eigenvalue weighted by atomic mass is 10.0. The Bertz CT molecular complexity index is 747. The summed E-state index contributed by atoms with van der Waals surface area (Å²) in [6, 6.07) is 20.7. The first-order valence-electron chi connectivity index (χ1n) is 7.17. The zero-order chi connectivity index (χ0) is 14.7. The smallest absolute Gasteiger partial charge is 0.124 e. The highest BCUT2D eigenvalue weighted by Gasteiger charge is 2.07. The van der Waals surface area contributed by atoms with Crippen LogP contribution in [0.5, 0.6) is 5.75 Å². The van der Waals surface area contributed by atoms with E-state index in [1.165, 1.54) is 16.3 Å². The van der Waals surface area contributed by atoms with Crippen molar-refractivity contribution in [1.82, 2.24) is 0 Å². The van der Waals surface area contributed by atoms with E-state index in [-0.39, 0.29) is 0 Å². The summed E-state index contributed by atoms with van der Waals surface area (Å²) in [5, 5.41) is 2.36. The van der Waals surface area contributed by atoms with Gasteiger partial charge in [0.15, 0.2) is 0 Å². The van der Waals surface area contributed by atoms with Gasteiger partial charge in [0.1, 0.15) is 12.4 Å². The molecular weight excluding hydrogens is 258 g/mol. The topological polar surface area (TPSA) is 35.2 Å². The van der Waals surface area contributed by atoms with Crippen LogP contribution in [0.3, 0.4) is 0 Å². The highest BCUT2D eigenvalue weighted by Crippen LogP contribution is 2.28. The van der Waals surface area contributed by atoms with Gasteiger partial charge in [-0.2, -0.15) is 0 Å². The maximum Gasteiger partial charge on any atom is 0.124 e. The minimum absolute atomic E-state index is 0.477. The summed E-state index contributed by atoms with van der Waals surface area (Å²) >= 11 is 0. The van der Waals surface area contributed by atoms with Gasteiger partial charge >= 0.3 is 0 Å². The Morgan fingerprint density at radius 3 is 2.43 bits per heavy atom. The van der Waals surface area contributed by atoms with Crippen molar-refractivity contribution in [2.24, 2.45) is 5.73 Å². The van der Waals surface area contributed by atoms with Crippen LogP contribution in [-0.4, -0.2) is 0 Å². The lowest BCUT2D eigenvalue weighted by molar-refractivity contribution is 0.303. The molecule has 0 aromatic heterocycles. The molecule has 0 spiro atoms. The predicted molar refractivity (Wildman–Crippen MR) is 87.4 cm³/mol. The van der Waals surface area contributed by atoms with Crippen molar-refractivity contribution in [1.29, 1.82) is 0 Å². The van der Waals surface area contributed by atoms with Crippen molar-refractivity contribution in [2.45, 2.75) is 20.1 Å². The van der Waals surface area contributed by atoms with E-state index in [1.807, 2.05) is 18.2 Å². The van der Waals surface area contributed by atoms with Gasteiger partial charge in [0.2, 0.25) is 0 Å². The number of rotatable bonds is 4. The number of ether oxygens (including phenoxy) is 1. The lowest BCUT2D eigenvalue weighted by Gasteiger charge is -2.13. The summed E-state index contributed by atoms with van der Waals surface area (Å²) < 4.78 is 5.98. The van der Waals surface area contributed by atoms with Crippen LogP contribution in [0.2, 0.25) is 0 Å². The third-order valence-corrected chi connectivity index (χ3v) is 3.72. The van der Waals surface area contributed by atoms with E-state index in [1.54, 1.807) is 0 Å². The van der Waals surface area contributed by atoms with Crippen LogP contribution in [0.25, 0.3) is 10.8 Å². The first-order valence-corrected chi connectivity index (χ1v) is 7.17. The third-order valence-electron chi connectivity index (χ3n) is 3.72. The maximum absolute atomic E-state index is 5.98. The summed E-state index contributed by atoms with van der Waals surface area (Å²) in [6.45, 7) is 3.12. The fourth-order valence-corrected chi connectivity index (χ4v) is 2.51. The number of hydrogen-bond donors (Lipinski definition) is 1. The molecule has 3 rings (SSSR count). The van der Waals surface area contributed by atoms with Crippen LogP contribution in [0.15, 0.2) is 60.7 Å². The Hall–Kier alpha value is -2.32. The lowest BCUT2D eigenvalue weighted by Crippen LogP contribution is -2.03. The van der Waals surface area contributed by atoms with E-state index >= 15 is 0 Å². The minimum atomic E-state index is 0.477. The molecule has 2 nitrogen and oxygen atoms in total. The summed E-state index contributed by atoms with van der Waals surface area (Å²) in [6.07, 6.45) is 0. The van der Waals surface area contributed by atoms with Crippen LogP contribution < -0.4 is 10.5 Å². The van der Waals surface area contributed by atoms with E-state index < -0.39 is 0 Å². The Kier molecular flexibility index (Phi) is 3.89. The van der Waals surface area contributed by atoms with Crippen LogP contribution >= 0.6 is 0 Å². The maximum atomic E-state index is 5.98. The van der Waals surface area contributed by atoms with Gasteiger partial charge in [-0.05, 0) is 29.3 Å². The number of benzene rings is 3. The van der Waals surface area contributed by atoms with Gasteiger partial charge < -0.3 is 10.5 Å². The summed E-state index contributed by atoms with van der Waals surface area (Å²) in [7, 11) is 0. The molecule has 0 amide bonds. The molecule has 0 atom stereocenters. The molecule has 106 valence electrons. The molecule has 0 heterocycles. The minimum Gasteiger partial charge on any atom is -0.489 e. The Balaban J connectivity index is 1.88. The van der Waals surface area contributed by atoms with Gasteiger partial charge in [0.25, 0.3) is 0 Å². The quantitative estimate of drug-likeness (QED) is 0.776. The molecule has 21 heavy (non-hydrogen) atoms. The van der Waals surface area contributed by atoms with Gasteiger partial charge in [-0.25, -0.2) is 0 Å². The van der Waals surface area contributed by atoms with Crippen LogP contribution in [0.4, 0.5) is 0 Å². The molecule has 0 saturated carbocycles. The van der Waals surface area contributed by atoms with Crippen LogP contribution in [0.1, 0.15) is 16.7 Å². The number of hydrogen-bond acceptors (Lipinski definition) is 2. The number of nitrogens with two attached hydrogens (primary N) is 1. The highest BCUT2D eigenvalue weighted by atomic mass is 16.5. The van der Waals surface area contributed by atoms with Gasteiger partial charge in [-0.3, -0.25) is 0 Å². The van der Waals surface area contributed by atoms with Crippen LogP contribution in [-0.2, 0) is 13.2 Å². The molecule has 2 N–H and O–H groups in total. The second-order valence-electron chi connectivity index (χ2n) is 5.24. The molecule has 0 bridgehead atoms. The van der Waals surface area contributed by atoms with Crippen molar-refractivity contribution in [3.63, 3.8) is 0 Å². The fourth-order valence-electron chi connectivity index (χ4n) is 2.51. The van der Waals surface area contributed by atoms with Crippen molar-refractivity contribution < 1.29 is 4.74 Å². The number of aryl methyl sites for hydroxylation is 1. The number of fused-ring (bicyclic) bond motifs is 1. The van der Waals surface area contributed by atoms with Gasteiger partial charge in [-0.15, -0.1) is 0 Å². The van der Waals surface area contributed by atoms with Gasteiger partial charge in [0, 0.05) is 12.1 Å². The Morgan fingerprint density at radius 2 is 1.67 bits per heavy atom. The Morgan fingerprint density at radius 1 is 0.905 bits per heavy atom. The molecule has 0 aliphatic heterocycles. The van der Waals surface area contributed by atoms with Crippen LogP contribution in [0, 0.1) is 6.92 Å². The molecule has 0 aliphatic rings. The molecule has 3 aromatic rings. The van der Waals surface area contributed by atoms with E-state index in [2.05, 4.69) is 49.4 Å². The van der Waals surface area contributed by atoms with E-state index in [0.717, 1.165) is 16.9 Å². The molecule has 0 aliphatic carbocycles. The molecule has 0 radical (unpaired) electrons. The van der Waals surface area contributed by atoms with Crippen molar-refractivity contribution in [3.05, 3.63) is 77.4 Å². The molecule has 3 aromatic carbocycles. The average Bonchev–Trinajstić information content (AvgIpc) is 2.53. The third kappa shape index (κ3) is 2.91. The largest absolute Gasteiger partial charge is 0.489 e. The molecule has 0 unspecified atom stereocenters. The fraction of sp³-hybridized carbons (Fsp3) is 0.158. The van der Waals surface area contributed by atoms with E-state index in [9.17, 15) is 0 Å². The van der Waals surface area contributed by atoms with Crippen molar-refractivity contribution in [3.8, 4) is 5.75 Å².